The fourth-order valence-corrected chi connectivity index (χ4v) is 7.37. The summed E-state index contributed by atoms with van der Waals surface area (Å²) in [6, 6.07) is 52.7. The molecule has 0 saturated heterocycles. The van der Waals surface area contributed by atoms with E-state index in [1.54, 1.807) is 0 Å². The van der Waals surface area contributed by atoms with Crippen LogP contribution in [0.2, 0.25) is 0 Å². The molecule has 0 unspecified atom stereocenters. The van der Waals surface area contributed by atoms with Crippen LogP contribution in [0, 0.1) is 0 Å². The van der Waals surface area contributed by atoms with E-state index >= 15 is 0 Å². The van der Waals surface area contributed by atoms with E-state index in [2.05, 4.69) is 151 Å². The maximum Gasteiger partial charge on any atom is 0.136 e. The smallest absolute Gasteiger partial charge is 0.136 e. The highest BCUT2D eigenvalue weighted by atomic mass is 16.3. The predicted molar refractivity (Wildman–Crippen MR) is 186 cm³/mol. The number of aromatic amines is 1. The van der Waals surface area contributed by atoms with Crippen molar-refractivity contribution in [1.29, 1.82) is 0 Å². The van der Waals surface area contributed by atoms with Crippen LogP contribution in [0.3, 0.4) is 0 Å². The van der Waals surface area contributed by atoms with Gasteiger partial charge in [-0.25, -0.2) is 0 Å². The number of hydrogen-bond acceptors (Lipinski definition) is 1. The Morgan fingerprint density at radius 3 is 1.52 bits per heavy atom. The molecule has 44 heavy (non-hydrogen) atoms. The van der Waals surface area contributed by atoms with Crippen LogP contribution in [-0.2, 0) is 0 Å². The van der Waals surface area contributed by atoms with Crippen molar-refractivity contribution in [3.8, 4) is 22.3 Å². The van der Waals surface area contributed by atoms with Crippen LogP contribution in [0.15, 0.2) is 150 Å². The van der Waals surface area contributed by atoms with E-state index in [4.69, 9.17) is 4.42 Å². The van der Waals surface area contributed by atoms with Crippen LogP contribution < -0.4 is 0 Å². The van der Waals surface area contributed by atoms with E-state index in [-0.39, 0.29) is 0 Å². The number of fused-ring (bicyclic) bond motifs is 9. The Balaban J connectivity index is 1.27. The first-order chi connectivity index (χ1) is 21.8. The molecule has 0 saturated carbocycles. The molecule has 2 aromatic heterocycles. The standard InChI is InChI=1S/C42H25NO/c1-2-10-26-24-40-36(21-25(26)9-1)35-23-28(18-20-39(35)44-40)42-32-14-5-3-12-30(32)41(31-13-4-6-15-33(31)42)27-17-19-38-34(22-27)29-11-7-8-16-37(29)43-38/h1-24,43H. The number of nitrogens with one attached hydrogen (secondary N) is 1. The summed E-state index contributed by atoms with van der Waals surface area (Å²) in [6.07, 6.45) is 0. The number of hydrogen-bond donors (Lipinski definition) is 1. The maximum absolute atomic E-state index is 6.36. The number of benzene rings is 8. The minimum absolute atomic E-state index is 0.913. The van der Waals surface area contributed by atoms with Crippen molar-refractivity contribution in [2.45, 2.75) is 0 Å². The Bertz CT molecular complexity index is 2720. The Morgan fingerprint density at radius 2 is 0.841 bits per heavy atom. The third-order valence-corrected chi connectivity index (χ3v) is 9.35. The van der Waals surface area contributed by atoms with Crippen molar-refractivity contribution < 1.29 is 4.42 Å². The first kappa shape index (κ1) is 23.7. The third-order valence-electron chi connectivity index (χ3n) is 9.35. The molecular formula is C42H25NO. The van der Waals surface area contributed by atoms with Crippen molar-refractivity contribution in [2.75, 3.05) is 0 Å². The zero-order valence-electron chi connectivity index (χ0n) is 23.8. The fourth-order valence-electron chi connectivity index (χ4n) is 7.37. The molecule has 2 heterocycles. The third kappa shape index (κ3) is 3.31. The Morgan fingerprint density at radius 1 is 0.341 bits per heavy atom. The van der Waals surface area contributed by atoms with Gasteiger partial charge in [-0.05, 0) is 97.0 Å². The van der Waals surface area contributed by atoms with Crippen LogP contribution in [0.5, 0.6) is 0 Å². The molecule has 0 bridgehead atoms. The second-order valence-corrected chi connectivity index (χ2v) is 11.8. The average molecular weight is 560 g/mol. The van der Waals surface area contributed by atoms with Crippen molar-refractivity contribution in [3.05, 3.63) is 146 Å². The van der Waals surface area contributed by atoms with Crippen molar-refractivity contribution in [3.63, 3.8) is 0 Å². The summed E-state index contributed by atoms with van der Waals surface area (Å²) in [6.45, 7) is 0. The lowest BCUT2D eigenvalue weighted by atomic mass is 9.85. The van der Waals surface area contributed by atoms with Gasteiger partial charge in [-0.3, -0.25) is 0 Å². The Hall–Kier alpha value is -5.86. The van der Waals surface area contributed by atoms with Crippen LogP contribution in [0.1, 0.15) is 0 Å². The second kappa shape index (κ2) is 8.82. The lowest BCUT2D eigenvalue weighted by Crippen LogP contribution is -1.90. The van der Waals surface area contributed by atoms with Crippen molar-refractivity contribution in [2.24, 2.45) is 0 Å². The summed E-state index contributed by atoms with van der Waals surface area (Å²) in [4.78, 5) is 3.59. The highest BCUT2D eigenvalue weighted by molar-refractivity contribution is 6.23. The van der Waals surface area contributed by atoms with Crippen molar-refractivity contribution >= 4 is 76.1 Å². The summed E-state index contributed by atoms with van der Waals surface area (Å²) < 4.78 is 6.36. The van der Waals surface area contributed by atoms with Gasteiger partial charge in [0.05, 0.1) is 0 Å². The molecule has 10 aromatic rings. The molecular weight excluding hydrogens is 534 g/mol. The van der Waals surface area contributed by atoms with Gasteiger partial charge in [-0.15, -0.1) is 0 Å². The van der Waals surface area contributed by atoms with Gasteiger partial charge >= 0.3 is 0 Å². The Labute approximate surface area is 252 Å². The van der Waals surface area contributed by atoms with E-state index in [0.717, 1.165) is 27.5 Å². The van der Waals surface area contributed by atoms with Gasteiger partial charge in [-0.2, -0.15) is 0 Å². The Kier molecular flexibility index (Phi) is 4.75. The SMILES string of the molecule is c1ccc2cc3c(cc2c1)oc1ccc(-c2c4ccccc4c(-c4ccc5[nH]c6ccccc6c5c4)c4ccccc24)cc13. The van der Waals surface area contributed by atoms with Gasteiger partial charge in [0, 0.05) is 32.6 Å². The molecule has 0 radical (unpaired) electrons. The molecule has 1 N–H and O–H groups in total. The summed E-state index contributed by atoms with van der Waals surface area (Å²) in [5.74, 6) is 0. The average Bonchev–Trinajstić information content (AvgIpc) is 3.63. The first-order valence-electron chi connectivity index (χ1n) is 15.1. The van der Waals surface area contributed by atoms with Crippen molar-refractivity contribution in [1.82, 2.24) is 4.98 Å². The van der Waals surface area contributed by atoms with E-state index in [1.165, 1.54) is 70.9 Å². The molecule has 204 valence electrons. The molecule has 2 heteroatoms. The molecule has 0 aliphatic carbocycles. The summed E-state index contributed by atoms with van der Waals surface area (Å²) >= 11 is 0. The fraction of sp³-hybridized carbons (Fsp3) is 0. The van der Waals surface area contributed by atoms with E-state index in [1.807, 2.05) is 0 Å². The number of H-pyrrole nitrogens is 1. The molecule has 0 fully saturated rings. The molecule has 0 aliphatic rings. The molecule has 10 rings (SSSR count). The van der Waals surface area contributed by atoms with E-state index < -0.39 is 0 Å². The second-order valence-electron chi connectivity index (χ2n) is 11.8. The molecule has 2 nitrogen and oxygen atoms in total. The summed E-state index contributed by atoms with van der Waals surface area (Å²) in [5, 5.41) is 12.2. The van der Waals surface area contributed by atoms with Crippen LogP contribution in [-0.4, -0.2) is 4.98 Å². The highest BCUT2D eigenvalue weighted by Gasteiger charge is 2.18. The topological polar surface area (TPSA) is 28.9 Å². The quantitative estimate of drug-likeness (QED) is 0.210. The zero-order chi connectivity index (χ0) is 28.8. The normalized spacial score (nSPS) is 12.1. The minimum atomic E-state index is 0.913. The first-order valence-corrected chi connectivity index (χ1v) is 15.1. The maximum atomic E-state index is 6.36. The largest absolute Gasteiger partial charge is 0.456 e. The van der Waals surface area contributed by atoms with E-state index in [0.29, 0.717) is 0 Å². The van der Waals surface area contributed by atoms with Gasteiger partial charge in [0.25, 0.3) is 0 Å². The molecule has 0 atom stereocenters. The van der Waals surface area contributed by atoms with Crippen LogP contribution in [0.25, 0.3) is 98.3 Å². The van der Waals surface area contributed by atoms with Gasteiger partial charge in [-0.1, -0.05) is 103 Å². The van der Waals surface area contributed by atoms with Gasteiger partial charge in [0.15, 0.2) is 0 Å². The number of aromatic nitrogens is 1. The van der Waals surface area contributed by atoms with E-state index in [9.17, 15) is 0 Å². The number of rotatable bonds is 2. The molecule has 0 aliphatic heterocycles. The molecule has 8 aromatic carbocycles. The monoisotopic (exact) mass is 559 g/mol. The van der Waals surface area contributed by atoms with Gasteiger partial charge < -0.3 is 9.40 Å². The predicted octanol–water partition coefficient (Wildman–Crippen LogP) is 12.0. The van der Waals surface area contributed by atoms with Gasteiger partial charge in [0.2, 0.25) is 0 Å². The number of para-hydroxylation sites is 1. The van der Waals surface area contributed by atoms with Crippen LogP contribution in [0.4, 0.5) is 0 Å². The summed E-state index contributed by atoms with van der Waals surface area (Å²) in [7, 11) is 0. The zero-order valence-corrected chi connectivity index (χ0v) is 23.8. The lowest BCUT2D eigenvalue weighted by Gasteiger charge is -2.18. The molecule has 0 amide bonds. The lowest BCUT2D eigenvalue weighted by molar-refractivity contribution is 0.669. The van der Waals surface area contributed by atoms with Gasteiger partial charge in [0.1, 0.15) is 11.2 Å². The minimum Gasteiger partial charge on any atom is -0.456 e. The number of furan rings is 1. The highest BCUT2D eigenvalue weighted by Crippen LogP contribution is 2.45. The summed E-state index contributed by atoms with van der Waals surface area (Å²) in [5.41, 5.74) is 9.11. The molecule has 0 spiro atoms. The van der Waals surface area contributed by atoms with Crippen LogP contribution >= 0.6 is 0 Å².